The van der Waals surface area contributed by atoms with E-state index in [-0.39, 0.29) is 17.0 Å². The van der Waals surface area contributed by atoms with Gasteiger partial charge in [0.1, 0.15) is 5.82 Å². The number of hydrogen-bond donors (Lipinski definition) is 1. The van der Waals surface area contributed by atoms with Crippen molar-refractivity contribution in [2.45, 2.75) is 30.4 Å². The van der Waals surface area contributed by atoms with E-state index in [9.17, 15) is 14.0 Å². The molecule has 0 bridgehead atoms. The second-order valence-corrected chi connectivity index (χ2v) is 4.86. The first-order valence-corrected chi connectivity index (χ1v) is 6.48. The highest BCUT2D eigenvalue weighted by molar-refractivity contribution is 7.99. The normalized spacial score (nSPS) is 10.7. The van der Waals surface area contributed by atoms with Crippen LogP contribution in [0, 0.1) is 5.82 Å². The van der Waals surface area contributed by atoms with Gasteiger partial charge in [-0.15, -0.1) is 5.10 Å². The molecule has 7 heteroatoms. The number of H-pyrrole nitrogens is 1. The number of nitrogens with one attached hydrogen (secondary N) is 1. The number of carbonyl (C=O) groups is 1. The number of rotatable bonds is 4. The smallest absolute Gasteiger partial charge is 0.294 e. The molecule has 19 heavy (non-hydrogen) atoms. The third-order valence-electron chi connectivity index (χ3n) is 2.56. The van der Waals surface area contributed by atoms with E-state index in [0.717, 1.165) is 11.8 Å². The molecule has 0 saturated carbocycles. The molecule has 0 radical (unpaired) electrons. The van der Waals surface area contributed by atoms with Gasteiger partial charge in [-0.25, -0.2) is 14.3 Å². The van der Waals surface area contributed by atoms with Gasteiger partial charge in [0.05, 0.1) is 0 Å². The monoisotopic (exact) mass is 281 g/mol. The van der Waals surface area contributed by atoms with Crippen LogP contribution in [-0.4, -0.2) is 20.5 Å². The second-order valence-electron chi connectivity index (χ2n) is 3.85. The predicted molar refractivity (Wildman–Crippen MR) is 69.0 cm³/mol. The lowest BCUT2D eigenvalue weighted by atomic mass is 10.1. The van der Waals surface area contributed by atoms with E-state index in [1.54, 1.807) is 0 Å². The van der Waals surface area contributed by atoms with Gasteiger partial charge in [-0.2, -0.15) is 0 Å². The first-order valence-electron chi connectivity index (χ1n) is 5.66. The van der Waals surface area contributed by atoms with Crippen LogP contribution in [0.3, 0.4) is 0 Å². The molecule has 0 fully saturated rings. The van der Waals surface area contributed by atoms with Crippen molar-refractivity contribution in [1.29, 1.82) is 0 Å². The lowest BCUT2D eigenvalue weighted by Crippen LogP contribution is -2.16. The summed E-state index contributed by atoms with van der Waals surface area (Å²) in [6.45, 7) is 3.65. The highest BCUT2D eigenvalue weighted by Crippen LogP contribution is 2.29. The molecule has 0 aliphatic carbocycles. The van der Waals surface area contributed by atoms with Gasteiger partial charge >= 0.3 is 5.69 Å². The van der Waals surface area contributed by atoms with Crippen LogP contribution in [0.15, 0.2) is 33.0 Å². The first kappa shape index (κ1) is 13.5. The summed E-state index contributed by atoms with van der Waals surface area (Å²) in [6, 6.07) is 3.97. The van der Waals surface area contributed by atoms with E-state index in [1.807, 2.05) is 6.92 Å². The average molecular weight is 281 g/mol. The number of benzene rings is 1. The molecule has 1 heterocycles. The van der Waals surface area contributed by atoms with Gasteiger partial charge in [0.2, 0.25) is 0 Å². The number of aromatic amines is 1. The van der Waals surface area contributed by atoms with E-state index >= 15 is 0 Å². The van der Waals surface area contributed by atoms with Crippen molar-refractivity contribution in [2.75, 3.05) is 0 Å². The van der Waals surface area contributed by atoms with Crippen molar-refractivity contribution in [1.82, 2.24) is 14.8 Å². The molecule has 0 aliphatic rings. The molecular formula is C12H12FN3O2S. The van der Waals surface area contributed by atoms with Crippen LogP contribution in [0.25, 0.3) is 0 Å². The van der Waals surface area contributed by atoms with Gasteiger partial charge in [0, 0.05) is 17.0 Å². The predicted octanol–water partition coefficient (Wildman–Crippen LogP) is 2.08. The molecular weight excluding hydrogens is 269 g/mol. The summed E-state index contributed by atoms with van der Waals surface area (Å²) in [5.74, 6) is -0.701. The topological polar surface area (TPSA) is 67.8 Å². The molecule has 0 amide bonds. The van der Waals surface area contributed by atoms with Crippen LogP contribution in [0.1, 0.15) is 24.2 Å². The van der Waals surface area contributed by atoms with Crippen molar-refractivity contribution in [2.24, 2.45) is 0 Å². The molecule has 1 aromatic carbocycles. The molecule has 100 valence electrons. The fourth-order valence-corrected chi connectivity index (χ4v) is 2.68. The van der Waals surface area contributed by atoms with Gasteiger partial charge in [-0.3, -0.25) is 9.36 Å². The summed E-state index contributed by atoms with van der Waals surface area (Å²) in [5, 5.41) is 6.68. The van der Waals surface area contributed by atoms with Crippen LogP contribution in [-0.2, 0) is 6.54 Å². The maximum Gasteiger partial charge on any atom is 0.343 e. The Hall–Kier alpha value is -1.89. The number of ketones is 1. The number of hydrogen-bond acceptors (Lipinski definition) is 4. The summed E-state index contributed by atoms with van der Waals surface area (Å²) in [7, 11) is 0. The molecule has 5 nitrogen and oxygen atoms in total. The van der Waals surface area contributed by atoms with Crippen LogP contribution in [0.2, 0.25) is 0 Å². The number of carbonyl (C=O) groups excluding carboxylic acids is 1. The summed E-state index contributed by atoms with van der Waals surface area (Å²) < 4.78 is 14.6. The van der Waals surface area contributed by atoms with Crippen molar-refractivity contribution >= 4 is 17.5 Å². The largest absolute Gasteiger partial charge is 0.343 e. The third-order valence-corrected chi connectivity index (χ3v) is 3.63. The average Bonchev–Trinajstić information content (AvgIpc) is 2.71. The lowest BCUT2D eigenvalue weighted by molar-refractivity contribution is 0.101. The molecule has 0 saturated heterocycles. The summed E-state index contributed by atoms with van der Waals surface area (Å²) in [5.41, 5.74) is -0.0282. The first-order chi connectivity index (χ1) is 9.02. The number of Topliss-reactive ketones (excluding diaryl/α,β-unsaturated/α-hetero) is 1. The molecule has 0 atom stereocenters. The summed E-state index contributed by atoms with van der Waals surface area (Å²) in [4.78, 5) is 23.5. The van der Waals surface area contributed by atoms with Gasteiger partial charge in [-0.05, 0) is 43.8 Å². The zero-order valence-electron chi connectivity index (χ0n) is 10.4. The van der Waals surface area contributed by atoms with Crippen LogP contribution in [0.5, 0.6) is 0 Å². The third kappa shape index (κ3) is 2.76. The Morgan fingerprint density at radius 1 is 1.53 bits per heavy atom. The molecule has 0 unspecified atom stereocenters. The Morgan fingerprint density at radius 3 is 2.89 bits per heavy atom. The highest BCUT2D eigenvalue weighted by atomic mass is 32.2. The molecule has 0 aliphatic heterocycles. The Bertz CT molecular complexity index is 678. The van der Waals surface area contributed by atoms with E-state index in [2.05, 4.69) is 10.2 Å². The van der Waals surface area contributed by atoms with Crippen molar-refractivity contribution in [3.63, 3.8) is 0 Å². The number of aromatic nitrogens is 3. The minimum atomic E-state index is -0.468. The number of halogens is 1. The summed E-state index contributed by atoms with van der Waals surface area (Å²) in [6.07, 6.45) is 0. The van der Waals surface area contributed by atoms with Crippen molar-refractivity contribution in [3.8, 4) is 0 Å². The van der Waals surface area contributed by atoms with E-state index in [4.69, 9.17) is 0 Å². The molecule has 0 spiro atoms. The molecule has 2 rings (SSSR count). The maximum absolute atomic E-state index is 13.2. The quantitative estimate of drug-likeness (QED) is 0.871. The Kier molecular flexibility index (Phi) is 3.84. The summed E-state index contributed by atoms with van der Waals surface area (Å²) >= 11 is 1.16. The molecule has 1 N–H and O–H groups in total. The fraction of sp³-hybridized carbons (Fsp3) is 0.250. The highest BCUT2D eigenvalue weighted by Gasteiger charge is 2.14. The zero-order valence-corrected chi connectivity index (χ0v) is 11.3. The SMILES string of the molecule is CCn1c(Sc2ccc(F)cc2C(C)=O)n[nH]c1=O. The van der Waals surface area contributed by atoms with E-state index in [0.29, 0.717) is 16.6 Å². The van der Waals surface area contributed by atoms with Crippen LogP contribution < -0.4 is 5.69 Å². The second kappa shape index (κ2) is 5.40. The molecule has 1 aromatic heterocycles. The van der Waals surface area contributed by atoms with Gasteiger partial charge in [0.25, 0.3) is 0 Å². The van der Waals surface area contributed by atoms with Crippen LogP contribution in [0.4, 0.5) is 4.39 Å². The Balaban J connectivity index is 2.43. The Morgan fingerprint density at radius 2 is 2.26 bits per heavy atom. The Labute approximate surface area is 112 Å². The minimum Gasteiger partial charge on any atom is -0.294 e. The van der Waals surface area contributed by atoms with Crippen molar-refractivity contribution in [3.05, 3.63) is 40.1 Å². The van der Waals surface area contributed by atoms with E-state index in [1.165, 1.54) is 29.7 Å². The van der Waals surface area contributed by atoms with Gasteiger partial charge in [0.15, 0.2) is 10.9 Å². The number of nitrogens with zero attached hydrogens (tertiary/aromatic N) is 2. The van der Waals surface area contributed by atoms with Crippen molar-refractivity contribution < 1.29 is 9.18 Å². The lowest BCUT2D eigenvalue weighted by Gasteiger charge is -2.06. The maximum atomic E-state index is 13.2. The standard InChI is InChI=1S/C12H12FN3O2S/c1-3-16-11(18)14-15-12(16)19-10-5-4-8(13)6-9(10)7(2)17/h4-6H,3H2,1-2H3,(H,14,18). The zero-order chi connectivity index (χ0) is 14.0. The van der Waals surface area contributed by atoms with Gasteiger partial charge in [-0.1, -0.05) is 0 Å². The van der Waals surface area contributed by atoms with E-state index < -0.39 is 5.82 Å². The van der Waals surface area contributed by atoms with Gasteiger partial charge < -0.3 is 0 Å². The molecule has 2 aromatic rings. The minimum absolute atomic E-state index is 0.233. The fourth-order valence-electron chi connectivity index (χ4n) is 1.62. The van der Waals surface area contributed by atoms with Crippen LogP contribution >= 0.6 is 11.8 Å².